The summed E-state index contributed by atoms with van der Waals surface area (Å²) in [5, 5.41) is 3.82. The molecule has 23 heavy (non-hydrogen) atoms. The molecule has 4 N–H and O–H groups in total. The number of hydrogen-bond donors (Lipinski definition) is 3. The maximum Gasteiger partial charge on any atom is 0.255 e. The highest BCUT2D eigenvalue weighted by molar-refractivity contribution is 7.22. The van der Waals surface area contributed by atoms with Crippen LogP contribution < -0.4 is 21.3 Å². The number of nitrogens with one attached hydrogen (secondary N) is 2. The molecule has 0 aliphatic rings. The molecule has 0 atom stereocenters. The first kappa shape index (κ1) is 15.5. The van der Waals surface area contributed by atoms with E-state index in [1.807, 2.05) is 0 Å². The van der Waals surface area contributed by atoms with Crippen molar-refractivity contribution in [2.75, 3.05) is 17.9 Å². The molecular weight excluding hydrogens is 336 g/mol. The Bertz CT molecular complexity index is 864. The Morgan fingerprint density at radius 2 is 2.04 bits per heavy atom. The fourth-order valence-corrected chi connectivity index (χ4v) is 3.23. The van der Waals surface area contributed by atoms with Crippen LogP contribution in [0.3, 0.4) is 0 Å². The SMILES string of the molecule is COc1ccc(C(=O)Nc2cc(Cl)c3nc(NN)sc3c2)cc1. The van der Waals surface area contributed by atoms with Gasteiger partial charge in [0.1, 0.15) is 11.3 Å². The molecule has 2 aromatic carbocycles. The van der Waals surface area contributed by atoms with Crippen molar-refractivity contribution in [3.8, 4) is 5.75 Å². The number of amides is 1. The molecule has 118 valence electrons. The van der Waals surface area contributed by atoms with Crippen molar-refractivity contribution in [3.05, 3.63) is 47.0 Å². The fraction of sp³-hybridized carbons (Fsp3) is 0.0667. The third kappa shape index (κ3) is 3.21. The first-order chi connectivity index (χ1) is 11.1. The van der Waals surface area contributed by atoms with Gasteiger partial charge in [0.25, 0.3) is 5.91 Å². The standard InChI is InChI=1S/C15H13ClN4O2S/c1-22-10-4-2-8(3-5-10)14(21)18-9-6-11(16)13-12(7-9)23-15(19-13)20-17/h2-7H,17H2,1H3,(H,18,21)(H,19,20). The van der Waals surface area contributed by atoms with Gasteiger partial charge < -0.3 is 10.1 Å². The summed E-state index contributed by atoms with van der Waals surface area (Å²) in [4.78, 5) is 16.5. The first-order valence-electron chi connectivity index (χ1n) is 6.63. The minimum atomic E-state index is -0.232. The van der Waals surface area contributed by atoms with E-state index in [0.29, 0.717) is 32.7 Å². The molecule has 0 aliphatic carbocycles. The molecule has 0 aliphatic heterocycles. The monoisotopic (exact) mass is 348 g/mol. The number of aromatic nitrogens is 1. The Balaban J connectivity index is 1.86. The van der Waals surface area contributed by atoms with Crippen LogP contribution in [0, 0.1) is 0 Å². The van der Waals surface area contributed by atoms with Crippen molar-refractivity contribution in [3.63, 3.8) is 0 Å². The molecule has 1 aromatic heterocycles. The number of carbonyl (C=O) groups excluding carboxylic acids is 1. The summed E-state index contributed by atoms with van der Waals surface area (Å²) in [5.74, 6) is 5.82. The van der Waals surface area contributed by atoms with Crippen molar-refractivity contribution < 1.29 is 9.53 Å². The number of nitrogen functional groups attached to an aromatic ring is 1. The topological polar surface area (TPSA) is 89.3 Å². The van der Waals surface area contributed by atoms with Crippen molar-refractivity contribution in [1.82, 2.24) is 4.98 Å². The quantitative estimate of drug-likeness (QED) is 0.496. The lowest BCUT2D eigenvalue weighted by atomic mass is 10.2. The number of nitrogens with zero attached hydrogens (tertiary/aromatic N) is 1. The van der Waals surface area contributed by atoms with E-state index in [1.165, 1.54) is 11.3 Å². The van der Waals surface area contributed by atoms with E-state index in [0.717, 1.165) is 4.70 Å². The van der Waals surface area contributed by atoms with Crippen LogP contribution in [0.2, 0.25) is 5.02 Å². The van der Waals surface area contributed by atoms with Crippen molar-refractivity contribution in [2.24, 2.45) is 5.84 Å². The molecule has 0 saturated heterocycles. The van der Waals surface area contributed by atoms with Crippen LogP contribution in [-0.4, -0.2) is 18.0 Å². The number of hydrogen-bond acceptors (Lipinski definition) is 6. The van der Waals surface area contributed by atoms with Crippen LogP contribution in [0.1, 0.15) is 10.4 Å². The van der Waals surface area contributed by atoms with Crippen LogP contribution in [-0.2, 0) is 0 Å². The third-order valence-corrected chi connectivity index (χ3v) is 4.40. The van der Waals surface area contributed by atoms with Gasteiger partial charge in [-0.3, -0.25) is 10.2 Å². The summed E-state index contributed by atoms with van der Waals surface area (Å²) in [6.07, 6.45) is 0. The number of fused-ring (bicyclic) bond motifs is 1. The van der Waals surface area contributed by atoms with Crippen molar-refractivity contribution in [1.29, 1.82) is 0 Å². The zero-order valence-corrected chi connectivity index (χ0v) is 13.7. The Morgan fingerprint density at radius 1 is 1.30 bits per heavy atom. The predicted octanol–water partition coefficient (Wildman–Crippen LogP) is 3.50. The smallest absolute Gasteiger partial charge is 0.255 e. The number of ether oxygens (including phenoxy) is 1. The Hall–Kier alpha value is -2.35. The highest BCUT2D eigenvalue weighted by Gasteiger charge is 2.11. The number of nitrogens with two attached hydrogens (primary N) is 1. The van der Waals surface area contributed by atoms with Crippen LogP contribution in [0.25, 0.3) is 10.2 Å². The van der Waals surface area contributed by atoms with E-state index in [4.69, 9.17) is 22.2 Å². The molecule has 1 amide bonds. The van der Waals surface area contributed by atoms with Crippen LogP contribution in [0.5, 0.6) is 5.75 Å². The zero-order valence-electron chi connectivity index (χ0n) is 12.1. The van der Waals surface area contributed by atoms with Crippen LogP contribution in [0.4, 0.5) is 10.8 Å². The van der Waals surface area contributed by atoms with Crippen LogP contribution in [0.15, 0.2) is 36.4 Å². The van der Waals surface area contributed by atoms with Gasteiger partial charge >= 0.3 is 0 Å². The second kappa shape index (κ2) is 6.41. The molecule has 1 heterocycles. The van der Waals surface area contributed by atoms with E-state index in [2.05, 4.69) is 15.7 Å². The molecular formula is C15H13ClN4O2S. The van der Waals surface area contributed by atoms with Gasteiger partial charge in [-0.15, -0.1) is 0 Å². The molecule has 0 unspecified atom stereocenters. The van der Waals surface area contributed by atoms with Gasteiger partial charge in [0, 0.05) is 11.3 Å². The number of methoxy groups -OCH3 is 1. The van der Waals surface area contributed by atoms with E-state index >= 15 is 0 Å². The van der Waals surface area contributed by atoms with E-state index in [-0.39, 0.29) is 5.91 Å². The van der Waals surface area contributed by atoms with Gasteiger partial charge in [0.2, 0.25) is 0 Å². The van der Waals surface area contributed by atoms with Gasteiger partial charge in [0.15, 0.2) is 5.13 Å². The Morgan fingerprint density at radius 3 is 2.70 bits per heavy atom. The molecule has 6 nitrogen and oxygen atoms in total. The average Bonchev–Trinajstić information content (AvgIpc) is 2.98. The maximum atomic E-state index is 12.3. The van der Waals surface area contributed by atoms with Crippen molar-refractivity contribution >= 4 is 49.9 Å². The van der Waals surface area contributed by atoms with E-state index in [9.17, 15) is 4.79 Å². The number of rotatable bonds is 4. The van der Waals surface area contributed by atoms with Gasteiger partial charge in [-0.25, -0.2) is 10.8 Å². The zero-order chi connectivity index (χ0) is 16.4. The highest BCUT2D eigenvalue weighted by atomic mass is 35.5. The summed E-state index contributed by atoms with van der Waals surface area (Å²) in [6, 6.07) is 10.3. The maximum absolute atomic E-state index is 12.3. The molecule has 8 heteroatoms. The minimum Gasteiger partial charge on any atom is -0.497 e. The molecule has 0 fully saturated rings. The van der Waals surface area contributed by atoms with Gasteiger partial charge in [-0.05, 0) is 36.4 Å². The Labute approximate surface area is 141 Å². The normalized spacial score (nSPS) is 10.6. The molecule has 3 rings (SSSR count). The van der Waals surface area contributed by atoms with E-state index < -0.39 is 0 Å². The molecule has 3 aromatic rings. The van der Waals surface area contributed by atoms with Gasteiger partial charge in [-0.2, -0.15) is 0 Å². The van der Waals surface area contributed by atoms with Crippen molar-refractivity contribution in [2.45, 2.75) is 0 Å². The van der Waals surface area contributed by atoms with E-state index in [1.54, 1.807) is 43.5 Å². The summed E-state index contributed by atoms with van der Waals surface area (Å²) in [6.45, 7) is 0. The lowest BCUT2D eigenvalue weighted by molar-refractivity contribution is 0.102. The summed E-state index contributed by atoms with van der Waals surface area (Å²) < 4.78 is 5.90. The largest absolute Gasteiger partial charge is 0.497 e. The number of carbonyl (C=O) groups is 1. The number of thiazole rings is 1. The van der Waals surface area contributed by atoms with Gasteiger partial charge in [-0.1, -0.05) is 22.9 Å². The summed E-state index contributed by atoms with van der Waals surface area (Å²) in [5.41, 5.74) is 4.25. The number of benzene rings is 2. The number of anilines is 2. The second-order valence-corrected chi connectivity index (χ2v) is 6.09. The van der Waals surface area contributed by atoms with Crippen LogP contribution >= 0.6 is 22.9 Å². The molecule has 0 radical (unpaired) electrons. The average molecular weight is 349 g/mol. The minimum absolute atomic E-state index is 0.232. The summed E-state index contributed by atoms with van der Waals surface area (Å²) in [7, 11) is 1.58. The first-order valence-corrected chi connectivity index (χ1v) is 7.82. The Kier molecular flexibility index (Phi) is 4.33. The number of halogens is 1. The number of hydrazine groups is 1. The molecule has 0 saturated carbocycles. The fourth-order valence-electron chi connectivity index (χ4n) is 2.07. The second-order valence-electron chi connectivity index (χ2n) is 4.65. The summed E-state index contributed by atoms with van der Waals surface area (Å²) >= 11 is 7.56. The highest BCUT2D eigenvalue weighted by Crippen LogP contribution is 2.33. The predicted molar refractivity (Wildman–Crippen MR) is 93.4 cm³/mol. The lowest BCUT2D eigenvalue weighted by Gasteiger charge is -2.07. The third-order valence-electron chi connectivity index (χ3n) is 3.18. The lowest BCUT2D eigenvalue weighted by Crippen LogP contribution is -2.11. The molecule has 0 bridgehead atoms. The molecule has 0 spiro atoms. The van der Waals surface area contributed by atoms with Gasteiger partial charge in [0.05, 0.1) is 16.8 Å².